The van der Waals surface area contributed by atoms with Crippen molar-refractivity contribution in [3.05, 3.63) is 70.3 Å². The van der Waals surface area contributed by atoms with Gasteiger partial charge in [0.15, 0.2) is 32.8 Å². The van der Waals surface area contributed by atoms with Crippen LogP contribution >= 0.6 is 0 Å². The lowest BCUT2D eigenvalue weighted by atomic mass is 9.99. The number of imide groups is 1. The van der Waals surface area contributed by atoms with Gasteiger partial charge in [0.2, 0.25) is 5.75 Å². The van der Waals surface area contributed by atoms with Gasteiger partial charge in [-0.25, -0.2) is 8.42 Å². The van der Waals surface area contributed by atoms with Crippen LogP contribution in [0.5, 0.6) is 28.7 Å². The summed E-state index contributed by atoms with van der Waals surface area (Å²) in [5, 5.41) is 2.32. The number of rotatable bonds is 14. The van der Waals surface area contributed by atoms with Crippen LogP contribution in [0.2, 0.25) is 0 Å². The molecule has 0 radical (unpaired) electrons. The van der Waals surface area contributed by atoms with Crippen LogP contribution in [-0.4, -0.2) is 54.4 Å². The molecule has 0 aliphatic carbocycles. The Morgan fingerprint density at radius 1 is 0.809 bits per heavy atom. The molecule has 3 aromatic carbocycles. The summed E-state index contributed by atoms with van der Waals surface area (Å²) in [6.07, 6.45) is 3.05. The van der Waals surface area contributed by atoms with Crippen molar-refractivity contribution in [3.63, 3.8) is 0 Å². The number of benzene rings is 3. The highest BCUT2D eigenvalue weighted by Crippen LogP contribution is 2.48. The number of sulfone groups is 1. The molecule has 252 valence electrons. The smallest absolute Gasteiger partial charge is 0.258 e. The van der Waals surface area contributed by atoms with E-state index in [0.29, 0.717) is 59.6 Å². The minimum absolute atomic E-state index is 0.00691. The number of carbonyl (C=O) groups excluding carboxylic acids is 2. The van der Waals surface area contributed by atoms with Crippen LogP contribution in [-0.2, 0) is 14.6 Å². The molecule has 0 spiro atoms. The second-order valence-corrected chi connectivity index (χ2v) is 13.6. The van der Waals surface area contributed by atoms with E-state index < -0.39 is 33.9 Å². The third-order valence-electron chi connectivity index (χ3n) is 8.30. The largest absolute Gasteiger partial charge is 0.493 e. The van der Waals surface area contributed by atoms with Gasteiger partial charge < -0.3 is 28.4 Å². The van der Waals surface area contributed by atoms with Gasteiger partial charge in [0.05, 0.1) is 51.3 Å². The third kappa shape index (κ3) is 7.03. The lowest BCUT2D eigenvalue weighted by Gasteiger charge is -2.24. The molecule has 0 aromatic heterocycles. The number of ether oxygens (including phenoxy) is 6. The van der Waals surface area contributed by atoms with Gasteiger partial charge in [0.1, 0.15) is 11.0 Å². The van der Waals surface area contributed by atoms with Crippen molar-refractivity contribution < 1.29 is 46.4 Å². The lowest BCUT2D eigenvalue weighted by Crippen LogP contribution is -2.19. The molecule has 47 heavy (non-hydrogen) atoms. The Bertz CT molecular complexity index is 1750. The topological polar surface area (TPSA) is 136 Å². The van der Waals surface area contributed by atoms with Crippen molar-refractivity contribution in [2.24, 2.45) is 0 Å². The first-order valence-electron chi connectivity index (χ1n) is 15.6. The van der Waals surface area contributed by atoms with E-state index in [1.165, 1.54) is 0 Å². The van der Waals surface area contributed by atoms with Crippen LogP contribution in [0, 0.1) is 0 Å². The summed E-state index contributed by atoms with van der Waals surface area (Å²) in [6, 6.07) is 12.1. The molecule has 1 unspecified atom stereocenters. The molecule has 2 aliphatic rings. The van der Waals surface area contributed by atoms with Gasteiger partial charge in [-0.05, 0) is 78.8 Å². The van der Waals surface area contributed by atoms with Crippen LogP contribution in [0.3, 0.4) is 0 Å². The van der Waals surface area contributed by atoms with Crippen LogP contribution in [0.15, 0.2) is 47.4 Å². The van der Waals surface area contributed by atoms with E-state index in [9.17, 15) is 18.0 Å². The first-order chi connectivity index (χ1) is 22.5. The monoisotopic (exact) mass is 667 g/mol. The molecule has 1 saturated heterocycles. The Labute approximate surface area is 275 Å². The fourth-order valence-electron chi connectivity index (χ4n) is 6.00. The molecule has 1 fully saturated rings. The van der Waals surface area contributed by atoms with Crippen molar-refractivity contribution in [1.82, 2.24) is 5.32 Å². The Morgan fingerprint density at radius 3 is 2.00 bits per heavy atom. The number of carbonyl (C=O) groups is 2. The summed E-state index contributed by atoms with van der Waals surface area (Å²) >= 11 is 0. The van der Waals surface area contributed by atoms with E-state index in [1.807, 2.05) is 26.0 Å². The van der Waals surface area contributed by atoms with E-state index >= 15 is 0 Å². The molecule has 0 saturated carbocycles. The van der Waals surface area contributed by atoms with Gasteiger partial charge in [-0.3, -0.25) is 14.9 Å². The molecule has 11 nitrogen and oxygen atoms in total. The number of amides is 2. The van der Waals surface area contributed by atoms with Crippen LogP contribution in [0.1, 0.15) is 102 Å². The van der Waals surface area contributed by atoms with E-state index in [4.69, 9.17) is 28.4 Å². The minimum atomic E-state index is -3.76. The fourth-order valence-corrected chi connectivity index (χ4v) is 6.85. The van der Waals surface area contributed by atoms with E-state index in [1.54, 1.807) is 51.7 Å². The highest BCUT2D eigenvalue weighted by molar-refractivity contribution is 7.90. The second kappa shape index (κ2) is 14.2. The minimum Gasteiger partial charge on any atom is -0.493 e. The first-order valence-corrected chi connectivity index (χ1v) is 17.5. The van der Waals surface area contributed by atoms with E-state index in [0.717, 1.165) is 18.2 Å². The molecule has 12 heteroatoms. The SMILES string of the molecule is CCCOc1c(OC(CCC)c2ccc3c(c2)C(=O)NC3=O)cc([C@@H]2CC[C@@H](c3cc(OC)c(OC)c(OC)c3)O2)cc1S(C)(=O)=O. The van der Waals surface area contributed by atoms with Crippen molar-refractivity contribution >= 4 is 21.7 Å². The van der Waals surface area contributed by atoms with E-state index in [2.05, 4.69) is 5.32 Å². The maximum atomic E-state index is 13.2. The zero-order valence-corrected chi connectivity index (χ0v) is 28.3. The summed E-state index contributed by atoms with van der Waals surface area (Å²) in [7, 11) is 0.890. The Morgan fingerprint density at radius 2 is 1.43 bits per heavy atom. The summed E-state index contributed by atoms with van der Waals surface area (Å²) < 4.78 is 62.2. The van der Waals surface area contributed by atoms with Crippen LogP contribution in [0.25, 0.3) is 0 Å². The summed E-state index contributed by atoms with van der Waals surface area (Å²) in [6.45, 7) is 4.21. The molecule has 0 bridgehead atoms. The highest BCUT2D eigenvalue weighted by Gasteiger charge is 2.33. The van der Waals surface area contributed by atoms with Gasteiger partial charge in [-0.1, -0.05) is 26.3 Å². The molecule has 5 rings (SSSR count). The van der Waals surface area contributed by atoms with Crippen molar-refractivity contribution in [3.8, 4) is 28.7 Å². The zero-order valence-electron chi connectivity index (χ0n) is 27.5. The summed E-state index contributed by atoms with van der Waals surface area (Å²) in [5.41, 5.74) is 2.74. The lowest BCUT2D eigenvalue weighted by molar-refractivity contribution is 0.0433. The normalized spacial score (nSPS) is 18.0. The molecule has 2 aliphatic heterocycles. The number of hydrogen-bond acceptors (Lipinski definition) is 10. The van der Waals surface area contributed by atoms with Gasteiger partial charge >= 0.3 is 0 Å². The van der Waals surface area contributed by atoms with E-state index in [-0.39, 0.29) is 34.7 Å². The third-order valence-corrected chi connectivity index (χ3v) is 9.40. The Hall–Kier alpha value is -4.29. The summed E-state index contributed by atoms with van der Waals surface area (Å²) in [4.78, 5) is 24.6. The molecular formula is C35H41NO10S. The average Bonchev–Trinajstić information content (AvgIpc) is 3.66. The average molecular weight is 668 g/mol. The molecule has 2 heterocycles. The molecule has 3 atom stereocenters. The standard InChI is InChI=1S/C35H41NO10S/c1-7-9-25(20-10-11-23-24(15-20)35(38)36-34(23)37)46-30-18-22(19-31(47(6,39)40)33(30)44-14-8-2)27-13-12-26(45-27)21-16-28(41-3)32(43-5)29(17-21)42-4/h10-11,15-19,25-27H,7-9,12-14H2,1-6H3,(H,36,37,38)/t25?,26-,27-/m0/s1. The van der Waals surface area contributed by atoms with Crippen LogP contribution < -0.4 is 29.0 Å². The quantitative estimate of drug-likeness (QED) is 0.195. The molecule has 2 amide bonds. The maximum absolute atomic E-state index is 13.2. The Kier molecular flexibility index (Phi) is 10.3. The van der Waals surface area contributed by atoms with Crippen LogP contribution in [0.4, 0.5) is 0 Å². The van der Waals surface area contributed by atoms with Gasteiger partial charge in [-0.2, -0.15) is 0 Å². The zero-order chi connectivity index (χ0) is 33.9. The maximum Gasteiger partial charge on any atom is 0.258 e. The number of methoxy groups -OCH3 is 3. The predicted molar refractivity (Wildman–Crippen MR) is 174 cm³/mol. The molecular weight excluding hydrogens is 626 g/mol. The first kappa shape index (κ1) is 34.1. The molecule has 3 aromatic rings. The molecule has 1 N–H and O–H groups in total. The number of fused-ring (bicyclic) bond motifs is 1. The van der Waals surface area contributed by atoms with Gasteiger partial charge in [0, 0.05) is 6.26 Å². The fraction of sp³-hybridized carbons (Fsp3) is 0.429. The Balaban J connectivity index is 1.54. The van der Waals surface area contributed by atoms with Crippen molar-refractivity contribution in [1.29, 1.82) is 0 Å². The van der Waals surface area contributed by atoms with Gasteiger partial charge in [0.25, 0.3) is 11.8 Å². The highest BCUT2D eigenvalue weighted by atomic mass is 32.2. The predicted octanol–water partition coefficient (Wildman–Crippen LogP) is 6.30. The van der Waals surface area contributed by atoms with Crippen molar-refractivity contribution in [2.45, 2.75) is 69.2 Å². The number of hydrogen-bond donors (Lipinski definition) is 1. The summed E-state index contributed by atoms with van der Waals surface area (Å²) in [5.74, 6) is 0.992. The van der Waals surface area contributed by atoms with Gasteiger partial charge in [-0.15, -0.1) is 0 Å². The number of nitrogens with one attached hydrogen (secondary N) is 1. The van der Waals surface area contributed by atoms with Crippen molar-refractivity contribution in [2.75, 3.05) is 34.2 Å². The second-order valence-electron chi connectivity index (χ2n) is 11.6.